The molecule has 1 aliphatic rings. The molecule has 0 amide bonds. The number of guanidine groups is 1. The molecule has 1 saturated carbocycles. The van der Waals surface area contributed by atoms with Crippen molar-refractivity contribution in [1.29, 1.82) is 0 Å². The topological polar surface area (TPSA) is 49.3 Å². The van der Waals surface area contributed by atoms with Crippen LogP contribution in [0.2, 0.25) is 0 Å². The highest BCUT2D eigenvalue weighted by Crippen LogP contribution is 2.46. The molecule has 0 aliphatic heterocycles. The Bertz CT molecular complexity index is 656. The standard InChI is InChI=1S/C18H24N4S.HI/c1-3-19-18(22-12-17-20-10-13(2)23-17)21-11-15-9-16(15)14-7-5-4-6-8-14;/h4-8,10,15-16H,3,9,11-12H2,1-2H3,(H2,19,21,22);1H. The second-order valence-corrected chi connectivity index (χ2v) is 7.27. The summed E-state index contributed by atoms with van der Waals surface area (Å²) in [5.41, 5.74) is 1.46. The Morgan fingerprint density at radius 2 is 2.08 bits per heavy atom. The van der Waals surface area contributed by atoms with Gasteiger partial charge in [0.1, 0.15) is 5.01 Å². The minimum absolute atomic E-state index is 0. The van der Waals surface area contributed by atoms with Gasteiger partial charge in [-0.15, -0.1) is 35.3 Å². The van der Waals surface area contributed by atoms with Gasteiger partial charge in [0.15, 0.2) is 5.96 Å². The third-order valence-corrected chi connectivity index (χ3v) is 4.97. The lowest BCUT2D eigenvalue weighted by Crippen LogP contribution is -2.38. The van der Waals surface area contributed by atoms with E-state index in [2.05, 4.69) is 64.8 Å². The molecule has 2 atom stereocenters. The zero-order chi connectivity index (χ0) is 16.1. The maximum Gasteiger partial charge on any atom is 0.191 e. The van der Waals surface area contributed by atoms with Crippen molar-refractivity contribution in [3.63, 3.8) is 0 Å². The van der Waals surface area contributed by atoms with Crippen LogP contribution in [0.1, 0.15) is 34.7 Å². The summed E-state index contributed by atoms with van der Waals surface area (Å²) < 4.78 is 0. The van der Waals surface area contributed by atoms with E-state index in [9.17, 15) is 0 Å². The summed E-state index contributed by atoms with van der Waals surface area (Å²) in [5.74, 6) is 2.30. The smallest absolute Gasteiger partial charge is 0.191 e. The molecule has 1 aromatic carbocycles. The Kier molecular flexibility index (Phi) is 7.48. The molecule has 2 aromatic rings. The normalized spacial score (nSPS) is 19.5. The van der Waals surface area contributed by atoms with Crippen LogP contribution < -0.4 is 10.6 Å². The zero-order valence-corrected chi connectivity index (χ0v) is 17.3. The number of aryl methyl sites for hydroxylation is 1. The number of halogens is 1. The highest BCUT2D eigenvalue weighted by Gasteiger charge is 2.37. The second-order valence-electron chi connectivity index (χ2n) is 5.95. The third-order valence-electron chi connectivity index (χ3n) is 4.07. The molecule has 3 rings (SSSR count). The highest BCUT2D eigenvalue weighted by atomic mass is 127. The van der Waals surface area contributed by atoms with E-state index in [-0.39, 0.29) is 24.0 Å². The van der Waals surface area contributed by atoms with Gasteiger partial charge in [-0.25, -0.2) is 9.98 Å². The van der Waals surface area contributed by atoms with Gasteiger partial charge in [0.05, 0.1) is 6.54 Å². The summed E-state index contributed by atoms with van der Waals surface area (Å²) in [7, 11) is 0. The Labute approximate surface area is 165 Å². The van der Waals surface area contributed by atoms with Crippen molar-refractivity contribution in [3.05, 3.63) is 52.0 Å². The van der Waals surface area contributed by atoms with Gasteiger partial charge in [-0.1, -0.05) is 30.3 Å². The van der Waals surface area contributed by atoms with Gasteiger partial charge in [0, 0.05) is 24.2 Å². The van der Waals surface area contributed by atoms with Crippen molar-refractivity contribution in [1.82, 2.24) is 15.6 Å². The number of hydrogen-bond acceptors (Lipinski definition) is 3. The van der Waals surface area contributed by atoms with Gasteiger partial charge >= 0.3 is 0 Å². The van der Waals surface area contributed by atoms with E-state index in [0.29, 0.717) is 18.4 Å². The van der Waals surface area contributed by atoms with E-state index < -0.39 is 0 Å². The highest BCUT2D eigenvalue weighted by molar-refractivity contribution is 14.0. The SMILES string of the molecule is CCNC(=NCc1ncc(C)s1)NCC1CC1c1ccccc1.I. The van der Waals surface area contributed by atoms with E-state index in [4.69, 9.17) is 0 Å². The fraction of sp³-hybridized carbons (Fsp3) is 0.444. The molecule has 0 radical (unpaired) electrons. The summed E-state index contributed by atoms with van der Waals surface area (Å²) in [6.07, 6.45) is 3.17. The van der Waals surface area contributed by atoms with E-state index >= 15 is 0 Å². The lowest BCUT2D eigenvalue weighted by Gasteiger charge is -2.10. The number of aromatic nitrogens is 1. The van der Waals surface area contributed by atoms with E-state index in [1.165, 1.54) is 16.9 Å². The molecule has 2 unspecified atom stereocenters. The molecule has 1 heterocycles. The van der Waals surface area contributed by atoms with Crippen LogP contribution in [0.5, 0.6) is 0 Å². The number of nitrogens with zero attached hydrogens (tertiary/aromatic N) is 2. The average molecular weight is 456 g/mol. The summed E-state index contributed by atoms with van der Waals surface area (Å²) in [5, 5.41) is 7.85. The molecular formula is C18H25IN4S. The fourth-order valence-electron chi connectivity index (χ4n) is 2.77. The maximum atomic E-state index is 4.64. The maximum absolute atomic E-state index is 4.64. The molecule has 6 heteroatoms. The quantitative estimate of drug-likeness (QED) is 0.394. The van der Waals surface area contributed by atoms with Crippen molar-refractivity contribution >= 4 is 41.3 Å². The predicted molar refractivity (Wildman–Crippen MR) is 112 cm³/mol. The van der Waals surface area contributed by atoms with Gasteiger partial charge in [-0.2, -0.15) is 0 Å². The average Bonchev–Trinajstić information content (AvgIpc) is 3.24. The summed E-state index contributed by atoms with van der Waals surface area (Å²) >= 11 is 1.71. The molecule has 1 aromatic heterocycles. The number of benzene rings is 1. The number of thiazole rings is 1. The van der Waals surface area contributed by atoms with Gasteiger partial charge in [-0.3, -0.25) is 0 Å². The fourth-order valence-corrected chi connectivity index (χ4v) is 3.48. The predicted octanol–water partition coefficient (Wildman–Crippen LogP) is 3.93. The Morgan fingerprint density at radius 3 is 2.75 bits per heavy atom. The van der Waals surface area contributed by atoms with E-state index in [1.54, 1.807) is 11.3 Å². The lowest BCUT2D eigenvalue weighted by atomic mass is 10.1. The second kappa shape index (κ2) is 9.36. The first-order valence-corrected chi connectivity index (χ1v) is 9.06. The minimum Gasteiger partial charge on any atom is -0.357 e. The van der Waals surface area contributed by atoms with Gasteiger partial charge in [0.2, 0.25) is 0 Å². The number of aliphatic imine (C=N–C) groups is 1. The molecule has 0 spiro atoms. The monoisotopic (exact) mass is 456 g/mol. The van der Waals surface area contributed by atoms with E-state index in [1.807, 2.05) is 6.20 Å². The number of nitrogens with one attached hydrogen (secondary N) is 2. The molecule has 24 heavy (non-hydrogen) atoms. The first-order valence-electron chi connectivity index (χ1n) is 8.24. The van der Waals surface area contributed by atoms with Crippen molar-refractivity contribution in [3.8, 4) is 0 Å². The van der Waals surface area contributed by atoms with Crippen LogP contribution >= 0.6 is 35.3 Å². The van der Waals surface area contributed by atoms with Crippen molar-refractivity contribution in [2.45, 2.75) is 32.7 Å². The van der Waals surface area contributed by atoms with Crippen molar-refractivity contribution in [2.75, 3.05) is 13.1 Å². The van der Waals surface area contributed by atoms with Gasteiger partial charge in [0.25, 0.3) is 0 Å². The molecule has 0 saturated heterocycles. The first kappa shape index (κ1) is 19.2. The molecule has 2 N–H and O–H groups in total. The van der Waals surface area contributed by atoms with Gasteiger partial charge < -0.3 is 10.6 Å². The van der Waals surface area contributed by atoms with Crippen LogP contribution in [-0.2, 0) is 6.54 Å². The summed E-state index contributed by atoms with van der Waals surface area (Å²) in [4.78, 5) is 10.2. The number of rotatable bonds is 6. The molecule has 130 valence electrons. The Hall–Kier alpha value is -1.15. The zero-order valence-electron chi connectivity index (χ0n) is 14.2. The van der Waals surface area contributed by atoms with Crippen LogP contribution in [0.25, 0.3) is 0 Å². The van der Waals surface area contributed by atoms with Crippen LogP contribution in [0.3, 0.4) is 0 Å². The largest absolute Gasteiger partial charge is 0.357 e. The van der Waals surface area contributed by atoms with Crippen LogP contribution in [-0.4, -0.2) is 24.0 Å². The molecule has 0 bridgehead atoms. The Morgan fingerprint density at radius 1 is 1.29 bits per heavy atom. The van der Waals surface area contributed by atoms with Crippen molar-refractivity contribution < 1.29 is 0 Å². The summed E-state index contributed by atoms with van der Waals surface area (Å²) in [6.45, 7) is 6.65. The third kappa shape index (κ3) is 5.44. The van der Waals surface area contributed by atoms with Crippen LogP contribution in [0.15, 0.2) is 41.5 Å². The lowest BCUT2D eigenvalue weighted by molar-refractivity contribution is 0.720. The molecule has 1 aliphatic carbocycles. The molecule has 1 fully saturated rings. The molecular weight excluding hydrogens is 431 g/mol. The number of hydrogen-bond donors (Lipinski definition) is 2. The van der Waals surface area contributed by atoms with Gasteiger partial charge in [-0.05, 0) is 37.7 Å². The minimum atomic E-state index is 0. The van der Waals surface area contributed by atoms with Crippen molar-refractivity contribution in [2.24, 2.45) is 10.9 Å². The molecule has 4 nitrogen and oxygen atoms in total. The summed E-state index contributed by atoms with van der Waals surface area (Å²) in [6, 6.07) is 10.8. The van der Waals surface area contributed by atoms with Crippen LogP contribution in [0.4, 0.5) is 0 Å². The Balaban J connectivity index is 0.00000208. The van der Waals surface area contributed by atoms with E-state index in [0.717, 1.165) is 24.1 Å². The van der Waals surface area contributed by atoms with Crippen LogP contribution in [0, 0.1) is 12.8 Å². The first-order chi connectivity index (χ1) is 11.3.